The standard InChI is InChI=1S/C19H18N4O2/c1-25-18(24)6-5-13-3-2-4-16(15-10-21-12-22-11-15)19(13)14-7-8-23-17(20)9-14/h2-4,7-12H,5-6H2,1H3,(H2,20,23). The summed E-state index contributed by atoms with van der Waals surface area (Å²) in [5.74, 6) is 0.198. The summed E-state index contributed by atoms with van der Waals surface area (Å²) in [5, 5.41) is 0. The van der Waals surface area contributed by atoms with E-state index in [1.807, 2.05) is 30.3 Å². The van der Waals surface area contributed by atoms with Gasteiger partial charge in [0, 0.05) is 30.6 Å². The Bertz CT molecular complexity index is 882. The summed E-state index contributed by atoms with van der Waals surface area (Å²) in [6.07, 6.45) is 7.56. The van der Waals surface area contributed by atoms with Crippen molar-refractivity contribution >= 4 is 11.8 Å². The number of carbonyl (C=O) groups is 1. The minimum absolute atomic E-state index is 0.242. The summed E-state index contributed by atoms with van der Waals surface area (Å²) < 4.78 is 4.76. The van der Waals surface area contributed by atoms with Gasteiger partial charge in [-0.1, -0.05) is 18.2 Å². The van der Waals surface area contributed by atoms with Crippen LogP contribution in [0.2, 0.25) is 0 Å². The molecule has 25 heavy (non-hydrogen) atoms. The summed E-state index contributed by atoms with van der Waals surface area (Å²) >= 11 is 0. The van der Waals surface area contributed by atoms with E-state index >= 15 is 0 Å². The van der Waals surface area contributed by atoms with Crippen LogP contribution in [0.5, 0.6) is 0 Å². The monoisotopic (exact) mass is 334 g/mol. The highest BCUT2D eigenvalue weighted by atomic mass is 16.5. The van der Waals surface area contributed by atoms with Gasteiger partial charge in [0.1, 0.15) is 12.1 Å². The molecule has 0 aliphatic carbocycles. The van der Waals surface area contributed by atoms with Crippen LogP contribution in [0.1, 0.15) is 12.0 Å². The summed E-state index contributed by atoms with van der Waals surface area (Å²) in [6, 6.07) is 9.70. The number of anilines is 1. The minimum Gasteiger partial charge on any atom is -0.469 e. The Labute approximate surface area is 145 Å². The van der Waals surface area contributed by atoms with Crippen LogP contribution in [0.15, 0.2) is 55.2 Å². The van der Waals surface area contributed by atoms with Gasteiger partial charge < -0.3 is 10.5 Å². The topological polar surface area (TPSA) is 91.0 Å². The fourth-order valence-corrected chi connectivity index (χ4v) is 2.77. The molecule has 0 fully saturated rings. The second kappa shape index (κ2) is 7.53. The average Bonchev–Trinajstić information content (AvgIpc) is 2.66. The third-order valence-corrected chi connectivity index (χ3v) is 3.92. The van der Waals surface area contributed by atoms with Gasteiger partial charge in [-0.25, -0.2) is 15.0 Å². The number of hydrogen-bond donors (Lipinski definition) is 1. The van der Waals surface area contributed by atoms with Crippen LogP contribution in [0.3, 0.4) is 0 Å². The molecule has 0 bridgehead atoms. The number of carbonyl (C=O) groups excluding carboxylic acids is 1. The van der Waals surface area contributed by atoms with Gasteiger partial charge in [0.25, 0.3) is 0 Å². The van der Waals surface area contributed by atoms with Crippen molar-refractivity contribution in [2.75, 3.05) is 12.8 Å². The molecule has 6 nitrogen and oxygen atoms in total. The van der Waals surface area contributed by atoms with Gasteiger partial charge in [0.05, 0.1) is 7.11 Å². The molecule has 2 aromatic heterocycles. The van der Waals surface area contributed by atoms with Gasteiger partial charge in [-0.15, -0.1) is 0 Å². The van der Waals surface area contributed by atoms with E-state index in [1.165, 1.54) is 13.4 Å². The quantitative estimate of drug-likeness (QED) is 0.721. The predicted molar refractivity (Wildman–Crippen MR) is 95.4 cm³/mol. The van der Waals surface area contributed by atoms with Gasteiger partial charge in [-0.3, -0.25) is 4.79 Å². The molecule has 3 rings (SSSR count). The van der Waals surface area contributed by atoms with Gasteiger partial charge in [-0.05, 0) is 40.8 Å². The zero-order chi connectivity index (χ0) is 17.6. The summed E-state index contributed by atoms with van der Waals surface area (Å²) in [5.41, 5.74) is 10.7. The van der Waals surface area contributed by atoms with E-state index in [0.717, 1.165) is 27.8 Å². The fourth-order valence-electron chi connectivity index (χ4n) is 2.77. The van der Waals surface area contributed by atoms with Crippen molar-refractivity contribution in [2.24, 2.45) is 0 Å². The summed E-state index contributed by atoms with van der Waals surface area (Å²) in [4.78, 5) is 23.9. The minimum atomic E-state index is -0.242. The zero-order valence-corrected chi connectivity index (χ0v) is 13.8. The molecule has 0 spiro atoms. The molecule has 2 heterocycles. The van der Waals surface area contributed by atoms with Crippen LogP contribution < -0.4 is 5.73 Å². The number of aromatic nitrogens is 3. The van der Waals surface area contributed by atoms with Crippen molar-refractivity contribution in [1.29, 1.82) is 0 Å². The lowest BCUT2D eigenvalue weighted by molar-refractivity contribution is -0.140. The number of ether oxygens (including phenoxy) is 1. The van der Waals surface area contributed by atoms with Gasteiger partial charge >= 0.3 is 5.97 Å². The lowest BCUT2D eigenvalue weighted by atomic mass is 9.90. The molecule has 0 amide bonds. The number of aryl methyl sites for hydroxylation is 1. The molecule has 0 unspecified atom stereocenters. The zero-order valence-electron chi connectivity index (χ0n) is 13.8. The first kappa shape index (κ1) is 16.6. The Hall–Kier alpha value is -3.28. The second-order valence-corrected chi connectivity index (χ2v) is 5.51. The molecule has 6 heteroatoms. The Kier molecular flexibility index (Phi) is 4.99. The van der Waals surface area contributed by atoms with E-state index < -0.39 is 0 Å². The van der Waals surface area contributed by atoms with E-state index in [4.69, 9.17) is 10.5 Å². The van der Waals surface area contributed by atoms with Crippen molar-refractivity contribution in [3.8, 4) is 22.3 Å². The van der Waals surface area contributed by atoms with Gasteiger partial charge in [0.2, 0.25) is 0 Å². The highest BCUT2D eigenvalue weighted by Gasteiger charge is 2.14. The molecule has 1 aromatic carbocycles. The van der Waals surface area contributed by atoms with Gasteiger partial charge in [-0.2, -0.15) is 0 Å². The van der Waals surface area contributed by atoms with Crippen LogP contribution in [0.4, 0.5) is 5.82 Å². The Morgan fingerprint density at radius 1 is 1.16 bits per heavy atom. The summed E-state index contributed by atoms with van der Waals surface area (Å²) in [6.45, 7) is 0. The van der Waals surface area contributed by atoms with E-state index in [-0.39, 0.29) is 5.97 Å². The molecule has 0 saturated carbocycles. The number of nitrogens with two attached hydrogens (primary N) is 1. The lowest BCUT2D eigenvalue weighted by Crippen LogP contribution is -2.03. The lowest BCUT2D eigenvalue weighted by Gasteiger charge is -2.15. The number of pyridine rings is 1. The molecule has 2 N–H and O–H groups in total. The normalized spacial score (nSPS) is 10.4. The van der Waals surface area contributed by atoms with E-state index in [1.54, 1.807) is 18.6 Å². The van der Waals surface area contributed by atoms with Crippen LogP contribution in [-0.4, -0.2) is 28.0 Å². The maximum absolute atomic E-state index is 11.6. The second-order valence-electron chi connectivity index (χ2n) is 5.51. The number of hydrogen-bond acceptors (Lipinski definition) is 6. The first-order valence-corrected chi connectivity index (χ1v) is 7.85. The Morgan fingerprint density at radius 3 is 2.68 bits per heavy atom. The largest absolute Gasteiger partial charge is 0.469 e. The van der Waals surface area contributed by atoms with Crippen LogP contribution in [-0.2, 0) is 16.0 Å². The van der Waals surface area contributed by atoms with E-state index in [9.17, 15) is 4.79 Å². The SMILES string of the molecule is COC(=O)CCc1cccc(-c2cncnc2)c1-c1ccnc(N)c1. The van der Waals surface area contributed by atoms with Crippen molar-refractivity contribution < 1.29 is 9.53 Å². The molecule has 0 atom stereocenters. The molecule has 126 valence electrons. The van der Waals surface area contributed by atoms with Crippen LogP contribution in [0.25, 0.3) is 22.3 Å². The predicted octanol–water partition coefficient (Wildman–Crippen LogP) is 2.89. The average molecular weight is 334 g/mol. The third kappa shape index (κ3) is 3.80. The molecule has 0 aliphatic heterocycles. The maximum Gasteiger partial charge on any atom is 0.305 e. The Balaban J connectivity index is 2.14. The highest BCUT2D eigenvalue weighted by molar-refractivity contribution is 5.86. The smallest absolute Gasteiger partial charge is 0.305 e. The molecular weight excluding hydrogens is 316 g/mol. The molecule has 0 aliphatic rings. The number of esters is 1. The fraction of sp³-hybridized carbons (Fsp3) is 0.158. The molecule has 0 saturated heterocycles. The summed E-state index contributed by atoms with van der Waals surface area (Å²) in [7, 11) is 1.39. The van der Waals surface area contributed by atoms with Crippen LogP contribution >= 0.6 is 0 Å². The molecule has 3 aromatic rings. The van der Waals surface area contributed by atoms with Gasteiger partial charge in [0.15, 0.2) is 0 Å². The first-order chi connectivity index (χ1) is 12.2. The van der Waals surface area contributed by atoms with Crippen molar-refractivity contribution in [3.05, 3.63) is 60.8 Å². The maximum atomic E-state index is 11.6. The molecular formula is C19H18N4O2. The Morgan fingerprint density at radius 2 is 1.96 bits per heavy atom. The highest BCUT2D eigenvalue weighted by Crippen LogP contribution is 2.35. The van der Waals surface area contributed by atoms with E-state index in [2.05, 4.69) is 15.0 Å². The van der Waals surface area contributed by atoms with Crippen molar-refractivity contribution in [2.45, 2.75) is 12.8 Å². The number of nitrogens with zero attached hydrogens (tertiary/aromatic N) is 3. The number of rotatable bonds is 5. The van der Waals surface area contributed by atoms with Crippen molar-refractivity contribution in [1.82, 2.24) is 15.0 Å². The molecule has 0 radical (unpaired) electrons. The van der Waals surface area contributed by atoms with E-state index in [0.29, 0.717) is 18.7 Å². The van der Waals surface area contributed by atoms with Crippen LogP contribution in [0, 0.1) is 0 Å². The first-order valence-electron chi connectivity index (χ1n) is 7.85. The number of benzene rings is 1. The number of methoxy groups -OCH3 is 1. The third-order valence-electron chi connectivity index (χ3n) is 3.92. The van der Waals surface area contributed by atoms with Crippen molar-refractivity contribution in [3.63, 3.8) is 0 Å². The number of nitrogen functional groups attached to an aromatic ring is 1.